The van der Waals surface area contributed by atoms with Crippen LogP contribution in [0.15, 0.2) is 18.2 Å². The Bertz CT molecular complexity index is 748. The Morgan fingerprint density at radius 1 is 1.23 bits per heavy atom. The largest absolute Gasteiger partial charge is 0.492 e. The Balaban J connectivity index is 1.39. The molecule has 140 valence electrons. The predicted octanol–water partition coefficient (Wildman–Crippen LogP) is 5.69. The van der Waals surface area contributed by atoms with E-state index in [-0.39, 0.29) is 5.91 Å². The lowest BCUT2D eigenvalue weighted by Gasteiger charge is -2.18. The highest BCUT2D eigenvalue weighted by Gasteiger charge is 2.20. The Labute approximate surface area is 167 Å². The Morgan fingerprint density at radius 3 is 2.81 bits per heavy atom. The molecule has 0 atom stereocenters. The average molecular weight is 414 g/mol. The lowest BCUT2D eigenvalue weighted by Crippen LogP contribution is -2.12. The zero-order chi connectivity index (χ0) is 18.4. The van der Waals surface area contributed by atoms with Gasteiger partial charge in [-0.1, -0.05) is 53.8 Å². The summed E-state index contributed by atoms with van der Waals surface area (Å²) in [7, 11) is 0. The number of anilines is 1. The minimum absolute atomic E-state index is 0.0813. The molecule has 5 nitrogen and oxygen atoms in total. The molecule has 0 saturated heterocycles. The van der Waals surface area contributed by atoms with Crippen molar-refractivity contribution in [1.82, 2.24) is 10.2 Å². The van der Waals surface area contributed by atoms with E-state index in [0.29, 0.717) is 46.3 Å². The number of carbonyl (C=O) groups excluding carboxylic acids is 1. The summed E-state index contributed by atoms with van der Waals surface area (Å²) in [5, 5.41) is 13.8. The molecule has 1 saturated carbocycles. The van der Waals surface area contributed by atoms with Gasteiger partial charge in [0.1, 0.15) is 10.8 Å². The normalized spacial score (nSPS) is 15.0. The molecule has 1 amide bonds. The number of rotatable bonds is 7. The monoisotopic (exact) mass is 413 g/mol. The Morgan fingerprint density at radius 2 is 2.04 bits per heavy atom. The number of halogens is 2. The number of nitrogens with one attached hydrogen (secondary N) is 1. The van der Waals surface area contributed by atoms with Gasteiger partial charge in [0.25, 0.3) is 0 Å². The van der Waals surface area contributed by atoms with E-state index in [1.807, 2.05) is 0 Å². The molecule has 0 spiro atoms. The molecule has 0 radical (unpaired) electrons. The standard InChI is InChI=1S/C18H21Cl2N3O2S/c19-13-8-9-15(14(20)11-13)25-10-4-7-16(24)21-18-23-22-17(26-18)12-5-2-1-3-6-12/h8-9,11-12H,1-7,10H2,(H,21,23,24). The van der Waals surface area contributed by atoms with Crippen molar-refractivity contribution in [3.05, 3.63) is 33.3 Å². The maximum absolute atomic E-state index is 12.0. The summed E-state index contributed by atoms with van der Waals surface area (Å²) in [6.45, 7) is 0.401. The summed E-state index contributed by atoms with van der Waals surface area (Å²) in [6.07, 6.45) is 7.10. The maximum Gasteiger partial charge on any atom is 0.226 e. The molecule has 0 bridgehead atoms. The predicted molar refractivity (Wildman–Crippen MR) is 106 cm³/mol. The van der Waals surface area contributed by atoms with Crippen molar-refractivity contribution in [3.8, 4) is 5.75 Å². The van der Waals surface area contributed by atoms with Crippen LogP contribution in [0, 0.1) is 0 Å². The van der Waals surface area contributed by atoms with E-state index >= 15 is 0 Å². The van der Waals surface area contributed by atoms with Gasteiger partial charge in [-0.05, 0) is 37.5 Å². The molecule has 1 N–H and O–H groups in total. The minimum Gasteiger partial charge on any atom is -0.492 e. The lowest BCUT2D eigenvalue weighted by atomic mass is 9.90. The first-order valence-electron chi connectivity index (χ1n) is 8.83. The molecule has 2 aromatic rings. The van der Waals surface area contributed by atoms with Gasteiger partial charge in [-0.3, -0.25) is 4.79 Å². The van der Waals surface area contributed by atoms with Crippen molar-refractivity contribution in [1.29, 1.82) is 0 Å². The van der Waals surface area contributed by atoms with Crippen molar-refractivity contribution in [3.63, 3.8) is 0 Å². The van der Waals surface area contributed by atoms with Crippen LogP contribution in [0.25, 0.3) is 0 Å². The first-order valence-corrected chi connectivity index (χ1v) is 10.4. The minimum atomic E-state index is -0.0813. The number of hydrogen-bond acceptors (Lipinski definition) is 5. The summed E-state index contributed by atoms with van der Waals surface area (Å²) in [5.74, 6) is 0.990. The zero-order valence-electron chi connectivity index (χ0n) is 14.3. The average Bonchev–Trinajstić information content (AvgIpc) is 3.09. The van der Waals surface area contributed by atoms with Crippen LogP contribution in [0.5, 0.6) is 5.75 Å². The molecule has 1 heterocycles. The van der Waals surface area contributed by atoms with Gasteiger partial charge >= 0.3 is 0 Å². The van der Waals surface area contributed by atoms with E-state index in [1.54, 1.807) is 18.2 Å². The fourth-order valence-electron chi connectivity index (χ4n) is 2.99. The molecule has 1 fully saturated rings. The van der Waals surface area contributed by atoms with Gasteiger partial charge in [-0.25, -0.2) is 0 Å². The van der Waals surface area contributed by atoms with Gasteiger partial charge in [-0.15, -0.1) is 10.2 Å². The molecule has 0 unspecified atom stereocenters. The summed E-state index contributed by atoms with van der Waals surface area (Å²) in [6, 6.07) is 5.07. The number of amides is 1. The van der Waals surface area contributed by atoms with Crippen LogP contribution >= 0.6 is 34.5 Å². The summed E-state index contributed by atoms with van der Waals surface area (Å²) in [5.41, 5.74) is 0. The second-order valence-corrected chi connectivity index (χ2v) is 8.21. The van der Waals surface area contributed by atoms with Crippen molar-refractivity contribution in [2.75, 3.05) is 11.9 Å². The van der Waals surface area contributed by atoms with Gasteiger partial charge < -0.3 is 10.1 Å². The van der Waals surface area contributed by atoms with Crippen LogP contribution < -0.4 is 10.1 Å². The highest BCUT2D eigenvalue weighted by Crippen LogP contribution is 2.35. The lowest BCUT2D eigenvalue weighted by molar-refractivity contribution is -0.116. The van der Waals surface area contributed by atoms with E-state index < -0.39 is 0 Å². The van der Waals surface area contributed by atoms with Gasteiger partial charge in [0.05, 0.1) is 11.6 Å². The number of benzene rings is 1. The van der Waals surface area contributed by atoms with E-state index in [9.17, 15) is 4.79 Å². The van der Waals surface area contributed by atoms with Crippen LogP contribution in [0.3, 0.4) is 0 Å². The van der Waals surface area contributed by atoms with Crippen LogP contribution in [0.1, 0.15) is 55.9 Å². The summed E-state index contributed by atoms with van der Waals surface area (Å²) >= 11 is 13.4. The SMILES string of the molecule is O=C(CCCOc1ccc(Cl)cc1Cl)Nc1nnc(C2CCCCC2)s1. The molecule has 3 rings (SSSR count). The van der Waals surface area contributed by atoms with Crippen molar-refractivity contribution >= 4 is 45.6 Å². The molecule has 1 aromatic heterocycles. The van der Waals surface area contributed by atoms with E-state index in [4.69, 9.17) is 27.9 Å². The number of hydrogen-bond donors (Lipinski definition) is 1. The van der Waals surface area contributed by atoms with Crippen LogP contribution in [-0.4, -0.2) is 22.7 Å². The molecule has 0 aliphatic heterocycles. The number of ether oxygens (including phenoxy) is 1. The van der Waals surface area contributed by atoms with Crippen LogP contribution in [-0.2, 0) is 4.79 Å². The zero-order valence-corrected chi connectivity index (χ0v) is 16.7. The molecular weight excluding hydrogens is 393 g/mol. The Kier molecular flexibility index (Phi) is 7.11. The van der Waals surface area contributed by atoms with E-state index in [2.05, 4.69) is 15.5 Å². The van der Waals surface area contributed by atoms with Gasteiger partial charge in [0.15, 0.2) is 0 Å². The summed E-state index contributed by atoms with van der Waals surface area (Å²) in [4.78, 5) is 12.0. The Hall–Kier alpha value is -1.37. The third-order valence-electron chi connectivity index (χ3n) is 4.34. The molecule has 1 aromatic carbocycles. The second kappa shape index (κ2) is 9.53. The highest BCUT2D eigenvalue weighted by molar-refractivity contribution is 7.15. The van der Waals surface area contributed by atoms with Gasteiger partial charge in [0.2, 0.25) is 11.0 Å². The first kappa shape index (κ1) is 19.4. The van der Waals surface area contributed by atoms with Crippen molar-refractivity contribution in [2.24, 2.45) is 0 Å². The van der Waals surface area contributed by atoms with Gasteiger partial charge in [-0.2, -0.15) is 0 Å². The fraction of sp³-hybridized carbons (Fsp3) is 0.500. The smallest absolute Gasteiger partial charge is 0.226 e. The molecule has 1 aliphatic rings. The van der Waals surface area contributed by atoms with Crippen LogP contribution in [0.2, 0.25) is 10.0 Å². The fourth-order valence-corrected chi connectivity index (χ4v) is 4.38. The van der Waals surface area contributed by atoms with E-state index in [1.165, 1.54) is 43.4 Å². The quantitative estimate of drug-likeness (QED) is 0.591. The third-order valence-corrected chi connectivity index (χ3v) is 5.87. The maximum atomic E-state index is 12.0. The second-order valence-electron chi connectivity index (χ2n) is 6.36. The molecular formula is C18H21Cl2N3O2S. The molecule has 8 heteroatoms. The third kappa shape index (κ3) is 5.56. The number of aromatic nitrogens is 2. The molecule has 1 aliphatic carbocycles. The van der Waals surface area contributed by atoms with Crippen LogP contribution in [0.4, 0.5) is 5.13 Å². The number of nitrogens with zero attached hydrogens (tertiary/aromatic N) is 2. The van der Waals surface area contributed by atoms with Crippen molar-refractivity contribution < 1.29 is 9.53 Å². The van der Waals surface area contributed by atoms with Crippen molar-refractivity contribution in [2.45, 2.75) is 50.9 Å². The topological polar surface area (TPSA) is 64.1 Å². The number of carbonyl (C=O) groups is 1. The summed E-state index contributed by atoms with van der Waals surface area (Å²) < 4.78 is 5.58. The van der Waals surface area contributed by atoms with E-state index in [0.717, 1.165) is 5.01 Å². The van der Waals surface area contributed by atoms with Gasteiger partial charge in [0, 0.05) is 17.4 Å². The molecule has 26 heavy (non-hydrogen) atoms. The first-order chi connectivity index (χ1) is 12.6. The highest BCUT2D eigenvalue weighted by atomic mass is 35.5.